The van der Waals surface area contributed by atoms with E-state index < -0.39 is 59.2 Å². The van der Waals surface area contributed by atoms with E-state index in [1.807, 2.05) is 32.7 Å². The number of carbonyl (C=O) groups is 4. The van der Waals surface area contributed by atoms with Crippen molar-refractivity contribution in [2.75, 3.05) is 26.7 Å². The normalized spacial score (nSPS) is 42.6. The highest BCUT2D eigenvalue weighted by molar-refractivity contribution is 6.00. The zero-order valence-electron chi connectivity index (χ0n) is 25.5. The average molecular weight is 564 g/mol. The van der Waals surface area contributed by atoms with Crippen molar-refractivity contribution in [1.29, 1.82) is 0 Å². The Morgan fingerprint density at radius 2 is 1.73 bits per heavy atom. The first-order valence-electron chi connectivity index (χ1n) is 14.6. The fraction of sp³-hybridized carbons (Fsp3) is 0.800. The molecule has 4 rings (SSSR count). The predicted octanol–water partition coefficient (Wildman–Crippen LogP) is 3.39. The van der Waals surface area contributed by atoms with Crippen LogP contribution in [0.15, 0.2) is 13.2 Å². The van der Waals surface area contributed by atoms with Gasteiger partial charge in [-0.05, 0) is 65.0 Å². The molecule has 0 aromatic carbocycles. The Morgan fingerprint density at radius 3 is 2.27 bits per heavy atom. The van der Waals surface area contributed by atoms with Crippen molar-refractivity contribution in [2.45, 2.75) is 97.1 Å². The number of ketones is 2. The van der Waals surface area contributed by atoms with Gasteiger partial charge in [-0.25, -0.2) is 14.8 Å². The number of Topliss-reactive ketones (excluding diaryl/α,β-unsaturated/α-hetero) is 2. The first kappa shape index (κ1) is 32.2. The van der Waals surface area contributed by atoms with Crippen molar-refractivity contribution < 1.29 is 33.4 Å². The molecule has 0 aromatic heterocycles. The van der Waals surface area contributed by atoms with Crippen molar-refractivity contribution in [3.63, 3.8) is 0 Å². The lowest BCUT2D eigenvalue weighted by Gasteiger charge is -2.56. The molecule has 0 bridgehead atoms. The highest BCUT2D eigenvalue weighted by Gasteiger charge is 2.70. The zero-order chi connectivity index (χ0) is 30.2. The molecule has 4 aliphatic rings. The van der Waals surface area contributed by atoms with E-state index in [-0.39, 0.29) is 17.5 Å². The van der Waals surface area contributed by atoms with Crippen molar-refractivity contribution in [3.8, 4) is 0 Å². The maximum Gasteiger partial charge on any atom is 0.425 e. The molecule has 226 valence electrons. The van der Waals surface area contributed by atoms with E-state index in [0.29, 0.717) is 25.3 Å². The number of hydrogen-bond donors (Lipinski definition) is 1. The lowest BCUT2D eigenvalue weighted by atomic mass is 9.70. The zero-order valence-corrected chi connectivity index (χ0v) is 25.5. The van der Waals surface area contributed by atoms with Gasteiger partial charge in [-0.1, -0.05) is 27.7 Å². The summed E-state index contributed by atoms with van der Waals surface area (Å²) in [5.74, 6) is -2.69. The molecule has 0 aromatic rings. The van der Waals surface area contributed by atoms with Crippen LogP contribution in [0.5, 0.6) is 0 Å². The molecular formula is C30H49N3O7. The van der Waals surface area contributed by atoms with Gasteiger partial charge in [0.2, 0.25) is 0 Å². The number of methoxy groups -OCH3 is 1. The number of cyclic esters (lactones) is 1. The van der Waals surface area contributed by atoms with Crippen molar-refractivity contribution in [2.24, 2.45) is 29.6 Å². The topological polar surface area (TPSA) is 114 Å². The number of nitrogens with zero attached hydrogens (tertiary/aromatic N) is 2. The monoisotopic (exact) mass is 563 g/mol. The molecule has 4 fully saturated rings. The van der Waals surface area contributed by atoms with Crippen LogP contribution in [0.1, 0.15) is 67.7 Å². The third-order valence-corrected chi connectivity index (χ3v) is 10.0. The van der Waals surface area contributed by atoms with Gasteiger partial charge in [-0.2, -0.15) is 0 Å². The van der Waals surface area contributed by atoms with Gasteiger partial charge in [-0.15, -0.1) is 13.2 Å². The molecule has 10 heteroatoms. The second-order valence-electron chi connectivity index (χ2n) is 12.3. The molecule has 0 spiro atoms. The Bertz CT molecular complexity index is 984. The molecule has 4 aliphatic heterocycles. The number of carbonyl (C=O) groups excluding carboxylic acids is 4. The quantitative estimate of drug-likeness (QED) is 0.312. The van der Waals surface area contributed by atoms with Crippen molar-refractivity contribution >= 4 is 23.6 Å². The predicted molar refractivity (Wildman–Crippen MR) is 150 cm³/mol. The van der Waals surface area contributed by atoms with Gasteiger partial charge in [0.1, 0.15) is 29.9 Å². The number of hydrazine groups is 1. The number of amides is 1. The third-order valence-electron chi connectivity index (χ3n) is 10.0. The summed E-state index contributed by atoms with van der Waals surface area (Å²) in [6.07, 6.45) is 0.412. The number of ether oxygens (including phenoxy) is 3. The van der Waals surface area contributed by atoms with Gasteiger partial charge in [0.15, 0.2) is 11.4 Å². The van der Waals surface area contributed by atoms with Crippen LogP contribution in [0.2, 0.25) is 0 Å². The highest BCUT2D eigenvalue weighted by atomic mass is 16.6. The summed E-state index contributed by atoms with van der Waals surface area (Å²) >= 11 is 0. The van der Waals surface area contributed by atoms with Crippen molar-refractivity contribution in [1.82, 2.24) is 15.3 Å². The molecule has 10 atom stereocenters. The summed E-state index contributed by atoms with van der Waals surface area (Å²) in [5.41, 5.74) is -2.01. The van der Waals surface area contributed by atoms with Gasteiger partial charge in [0, 0.05) is 25.5 Å². The lowest BCUT2D eigenvalue weighted by Crippen LogP contribution is -2.78. The summed E-state index contributed by atoms with van der Waals surface area (Å²) in [7, 11) is 1.60. The lowest BCUT2D eigenvalue weighted by molar-refractivity contribution is -0.209. The summed E-state index contributed by atoms with van der Waals surface area (Å²) < 4.78 is 17.8. The standard InChI is InChI=1S/C28H45N3O7.C2H4/c1-9-20-28(7)24-21(30(31(24)26(35)38-28)14-19-10-11-29-13-19)22(32)15(2)12-27(6,36-8)18(5)16(3)23(33)17(4)25(34)37-20;1-2/h15-21,24,29H,9-14H2,1-8H3;1-2H2/t15-,16-,17?,18-,19?,20-,21?,24-,27-,28-;/m1./s1. The summed E-state index contributed by atoms with van der Waals surface area (Å²) in [6.45, 7) is 21.0. The fourth-order valence-electron chi connectivity index (χ4n) is 7.07. The molecule has 1 N–H and O–H groups in total. The second kappa shape index (κ2) is 12.3. The molecule has 0 aliphatic carbocycles. The van der Waals surface area contributed by atoms with Gasteiger partial charge in [0.25, 0.3) is 0 Å². The van der Waals surface area contributed by atoms with E-state index in [2.05, 4.69) is 18.5 Å². The van der Waals surface area contributed by atoms with Crippen LogP contribution in [0.3, 0.4) is 0 Å². The average Bonchev–Trinajstić information content (AvgIpc) is 3.52. The largest absolute Gasteiger partial charge is 0.457 e. The van der Waals surface area contributed by atoms with E-state index in [0.717, 1.165) is 19.5 Å². The minimum Gasteiger partial charge on any atom is -0.457 e. The van der Waals surface area contributed by atoms with Crippen LogP contribution in [0.4, 0.5) is 4.79 Å². The molecule has 1 amide bonds. The van der Waals surface area contributed by atoms with E-state index in [1.165, 1.54) is 0 Å². The Balaban J connectivity index is 0.00000216. The number of nitrogens with one attached hydrogen (secondary N) is 1. The molecule has 3 unspecified atom stereocenters. The smallest absolute Gasteiger partial charge is 0.425 e. The van der Waals surface area contributed by atoms with Gasteiger partial charge >= 0.3 is 12.1 Å². The van der Waals surface area contributed by atoms with Crippen LogP contribution in [0, 0.1) is 29.6 Å². The van der Waals surface area contributed by atoms with Crippen LogP contribution >= 0.6 is 0 Å². The Labute approximate surface area is 239 Å². The first-order chi connectivity index (χ1) is 18.8. The summed E-state index contributed by atoms with van der Waals surface area (Å²) in [6, 6.07) is -1.19. The molecule has 10 nitrogen and oxygen atoms in total. The van der Waals surface area contributed by atoms with Crippen LogP contribution < -0.4 is 5.32 Å². The highest BCUT2D eigenvalue weighted by Crippen LogP contribution is 2.48. The minimum atomic E-state index is -1.23. The fourth-order valence-corrected chi connectivity index (χ4v) is 7.07. The SMILES string of the molecule is C=C.CC[C@H]1OC(=O)C(C)C(=O)[C@H](C)[C@@H](C)[C@](C)(OC)C[C@@H](C)C(=O)C2[C@H]3N(C(=O)O[C@]13C)N2CC1CCNC1. The molecule has 0 saturated carbocycles. The molecule has 40 heavy (non-hydrogen) atoms. The maximum absolute atomic E-state index is 14.2. The molecule has 4 saturated heterocycles. The maximum atomic E-state index is 14.2. The van der Waals surface area contributed by atoms with Gasteiger partial charge < -0.3 is 19.5 Å². The van der Waals surface area contributed by atoms with E-state index in [1.54, 1.807) is 32.9 Å². The van der Waals surface area contributed by atoms with E-state index >= 15 is 0 Å². The summed E-state index contributed by atoms with van der Waals surface area (Å²) in [5, 5.41) is 6.79. The minimum absolute atomic E-state index is 0.00259. The van der Waals surface area contributed by atoms with E-state index in [9.17, 15) is 19.2 Å². The van der Waals surface area contributed by atoms with Crippen LogP contribution in [-0.4, -0.2) is 89.8 Å². The van der Waals surface area contributed by atoms with Gasteiger partial charge in [0.05, 0.1) is 5.60 Å². The molecular weight excluding hydrogens is 514 g/mol. The molecule has 4 heterocycles. The third kappa shape index (κ3) is 5.34. The molecule has 0 radical (unpaired) electrons. The second-order valence-corrected chi connectivity index (χ2v) is 12.3. The Hall–Kier alpha value is -2.30. The van der Waals surface area contributed by atoms with Gasteiger partial charge in [-0.3, -0.25) is 14.4 Å². The number of hydrogen-bond acceptors (Lipinski definition) is 9. The Morgan fingerprint density at radius 1 is 1.07 bits per heavy atom. The first-order valence-corrected chi connectivity index (χ1v) is 14.6. The van der Waals surface area contributed by atoms with Crippen LogP contribution in [0.25, 0.3) is 0 Å². The van der Waals surface area contributed by atoms with Crippen LogP contribution in [-0.2, 0) is 28.6 Å². The Kier molecular flexibility index (Phi) is 9.90. The number of rotatable bonds is 4. The van der Waals surface area contributed by atoms with E-state index in [4.69, 9.17) is 14.2 Å². The summed E-state index contributed by atoms with van der Waals surface area (Å²) in [4.78, 5) is 54.1. The number of esters is 1. The van der Waals surface area contributed by atoms with Crippen molar-refractivity contribution in [3.05, 3.63) is 13.2 Å².